The van der Waals surface area contributed by atoms with Crippen molar-refractivity contribution >= 4 is 12.1 Å². The molecule has 0 aromatic heterocycles. The van der Waals surface area contributed by atoms with Crippen LogP contribution >= 0.6 is 0 Å². The van der Waals surface area contributed by atoms with Crippen molar-refractivity contribution in [2.24, 2.45) is 11.3 Å². The molecular formula is C23H34N2O4. The number of nitrogens with zero attached hydrogens (tertiary/aromatic N) is 2. The van der Waals surface area contributed by atoms with Gasteiger partial charge in [0.2, 0.25) is 0 Å². The van der Waals surface area contributed by atoms with Crippen LogP contribution in [0, 0.1) is 11.3 Å². The lowest BCUT2D eigenvalue weighted by molar-refractivity contribution is -0.149. The SMILES string of the molecule is COC(=O)C1CN(CCc2ccccc2)CC12CCN(C(=O)OC(C)(C)C)CC2. The van der Waals surface area contributed by atoms with Crippen LogP contribution in [0.5, 0.6) is 0 Å². The van der Waals surface area contributed by atoms with E-state index < -0.39 is 5.60 Å². The van der Waals surface area contributed by atoms with Crippen LogP contribution in [-0.4, -0.2) is 67.3 Å². The quantitative estimate of drug-likeness (QED) is 0.723. The van der Waals surface area contributed by atoms with Crippen molar-refractivity contribution in [1.82, 2.24) is 9.80 Å². The molecule has 1 atom stereocenters. The molecule has 2 heterocycles. The summed E-state index contributed by atoms with van der Waals surface area (Å²) in [5.41, 5.74) is 0.688. The zero-order valence-corrected chi connectivity index (χ0v) is 18.1. The van der Waals surface area contributed by atoms with Crippen LogP contribution in [0.3, 0.4) is 0 Å². The van der Waals surface area contributed by atoms with Gasteiger partial charge in [-0.3, -0.25) is 4.79 Å². The fraction of sp³-hybridized carbons (Fsp3) is 0.652. The number of ether oxygens (including phenoxy) is 2. The van der Waals surface area contributed by atoms with Crippen molar-refractivity contribution in [2.45, 2.75) is 45.6 Å². The van der Waals surface area contributed by atoms with E-state index in [0.717, 1.165) is 38.9 Å². The lowest BCUT2D eigenvalue weighted by Crippen LogP contribution is -2.49. The molecule has 2 aliphatic heterocycles. The van der Waals surface area contributed by atoms with Crippen LogP contribution in [-0.2, 0) is 20.7 Å². The van der Waals surface area contributed by atoms with Gasteiger partial charge in [0.05, 0.1) is 13.0 Å². The first-order valence-electron chi connectivity index (χ1n) is 10.5. The van der Waals surface area contributed by atoms with Crippen LogP contribution < -0.4 is 0 Å². The average Bonchev–Trinajstić information content (AvgIpc) is 3.03. The minimum Gasteiger partial charge on any atom is -0.469 e. The number of rotatable bonds is 4. The van der Waals surface area contributed by atoms with E-state index in [2.05, 4.69) is 29.2 Å². The number of hydrogen-bond acceptors (Lipinski definition) is 5. The third-order valence-electron chi connectivity index (χ3n) is 6.17. The molecule has 1 amide bonds. The van der Waals surface area contributed by atoms with Gasteiger partial charge in [-0.1, -0.05) is 30.3 Å². The second kappa shape index (κ2) is 8.74. The van der Waals surface area contributed by atoms with Gasteiger partial charge >= 0.3 is 12.1 Å². The lowest BCUT2D eigenvalue weighted by atomic mass is 9.71. The molecule has 6 nitrogen and oxygen atoms in total. The normalized spacial score (nSPS) is 21.9. The van der Waals surface area contributed by atoms with Gasteiger partial charge in [-0.15, -0.1) is 0 Å². The van der Waals surface area contributed by atoms with Crippen LogP contribution in [0.2, 0.25) is 0 Å². The molecule has 2 aliphatic rings. The number of methoxy groups -OCH3 is 1. The van der Waals surface area contributed by atoms with E-state index in [1.54, 1.807) is 4.90 Å². The van der Waals surface area contributed by atoms with Crippen molar-refractivity contribution in [2.75, 3.05) is 39.8 Å². The Balaban J connectivity index is 1.63. The van der Waals surface area contributed by atoms with Crippen LogP contribution in [0.4, 0.5) is 4.79 Å². The minimum atomic E-state index is -0.498. The second-order valence-corrected chi connectivity index (χ2v) is 9.38. The van der Waals surface area contributed by atoms with E-state index in [-0.39, 0.29) is 23.4 Å². The molecule has 29 heavy (non-hydrogen) atoms. The first kappa shape index (κ1) is 21.6. The Morgan fingerprint density at radius 3 is 2.38 bits per heavy atom. The molecule has 2 saturated heterocycles. The summed E-state index contributed by atoms with van der Waals surface area (Å²) in [6.45, 7) is 9.41. The average molecular weight is 403 g/mol. The van der Waals surface area contributed by atoms with Gasteiger partial charge in [0.15, 0.2) is 0 Å². The number of likely N-dealkylation sites (tertiary alicyclic amines) is 2. The maximum Gasteiger partial charge on any atom is 0.410 e. The van der Waals surface area contributed by atoms with Gasteiger partial charge in [0, 0.05) is 38.1 Å². The smallest absolute Gasteiger partial charge is 0.410 e. The van der Waals surface area contributed by atoms with E-state index in [9.17, 15) is 9.59 Å². The molecule has 6 heteroatoms. The predicted octanol–water partition coefficient (Wildman–Crippen LogP) is 3.35. The molecular weight excluding hydrogens is 368 g/mol. The third-order valence-corrected chi connectivity index (χ3v) is 6.17. The lowest BCUT2D eigenvalue weighted by Gasteiger charge is -2.41. The molecule has 0 bridgehead atoms. The molecule has 1 spiro atoms. The maximum atomic E-state index is 12.6. The molecule has 1 unspecified atom stereocenters. The Labute approximate surface area is 174 Å². The van der Waals surface area contributed by atoms with Crippen molar-refractivity contribution in [3.63, 3.8) is 0 Å². The Morgan fingerprint density at radius 1 is 1.14 bits per heavy atom. The van der Waals surface area contributed by atoms with E-state index in [1.807, 2.05) is 26.8 Å². The number of esters is 1. The fourth-order valence-corrected chi connectivity index (χ4v) is 4.61. The summed E-state index contributed by atoms with van der Waals surface area (Å²) >= 11 is 0. The fourth-order valence-electron chi connectivity index (χ4n) is 4.61. The summed E-state index contributed by atoms with van der Waals surface area (Å²) in [6, 6.07) is 10.4. The molecule has 1 aromatic carbocycles. The number of carbonyl (C=O) groups excluding carboxylic acids is 2. The van der Waals surface area contributed by atoms with Gasteiger partial charge in [-0.05, 0) is 45.6 Å². The van der Waals surface area contributed by atoms with E-state index in [4.69, 9.17) is 9.47 Å². The summed E-state index contributed by atoms with van der Waals surface area (Å²) in [5.74, 6) is -0.262. The second-order valence-electron chi connectivity index (χ2n) is 9.38. The topological polar surface area (TPSA) is 59.1 Å². The summed E-state index contributed by atoms with van der Waals surface area (Å²) in [6.07, 6.45) is 2.30. The van der Waals surface area contributed by atoms with Crippen LogP contribution in [0.15, 0.2) is 30.3 Å². The third kappa shape index (κ3) is 5.30. The number of carbonyl (C=O) groups is 2. The van der Waals surface area contributed by atoms with Crippen molar-refractivity contribution in [3.05, 3.63) is 35.9 Å². The monoisotopic (exact) mass is 402 g/mol. The van der Waals surface area contributed by atoms with Crippen LogP contribution in [0.25, 0.3) is 0 Å². The summed E-state index contributed by atoms with van der Waals surface area (Å²) in [4.78, 5) is 29.1. The van der Waals surface area contributed by atoms with Gasteiger partial charge in [-0.2, -0.15) is 0 Å². The Morgan fingerprint density at radius 2 is 1.79 bits per heavy atom. The van der Waals surface area contributed by atoms with E-state index in [0.29, 0.717) is 13.1 Å². The van der Waals surface area contributed by atoms with Crippen molar-refractivity contribution in [1.29, 1.82) is 0 Å². The number of hydrogen-bond donors (Lipinski definition) is 0. The molecule has 2 fully saturated rings. The number of piperidine rings is 1. The highest BCUT2D eigenvalue weighted by Gasteiger charge is 2.52. The van der Waals surface area contributed by atoms with E-state index >= 15 is 0 Å². The highest BCUT2D eigenvalue weighted by atomic mass is 16.6. The molecule has 0 saturated carbocycles. The molecule has 3 rings (SSSR count). The van der Waals surface area contributed by atoms with Gasteiger partial charge in [-0.25, -0.2) is 4.79 Å². The highest BCUT2D eigenvalue weighted by Crippen LogP contribution is 2.45. The number of benzene rings is 1. The molecule has 0 N–H and O–H groups in total. The Kier molecular flexibility index (Phi) is 6.52. The molecule has 160 valence electrons. The predicted molar refractivity (Wildman–Crippen MR) is 112 cm³/mol. The molecule has 1 aromatic rings. The first-order chi connectivity index (χ1) is 13.7. The van der Waals surface area contributed by atoms with Crippen molar-refractivity contribution in [3.8, 4) is 0 Å². The zero-order valence-electron chi connectivity index (χ0n) is 18.1. The van der Waals surface area contributed by atoms with Gasteiger partial charge in [0.25, 0.3) is 0 Å². The molecule has 0 aliphatic carbocycles. The summed E-state index contributed by atoms with van der Waals surface area (Å²) in [5, 5.41) is 0. The van der Waals surface area contributed by atoms with Crippen LogP contribution in [0.1, 0.15) is 39.2 Å². The standard InChI is InChI=1S/C23H34N2O4/c1-22(2,3)29-21(27)25-14-11-23(12-15-25)17-24(16-19(23)20(26)28-4)13-10-18-8-6-5-7-9-18/h5-9,19H,10-17H2,1-4H3. The highest BCUT2D eigenvalue weighted by molar-refractivity contribution is 5.74. The Bertz CT molecular complexity index is 705. The summed E-state index contributed by atoms with van der Waals surface area (Å²) < 4.78 is 10.7. The van der Waals surface area contributed by atoms with E-state index in [1.165, 1.54) is 12.7 Å². The van der Waals surface area contributed by atoms with Crippen molar-refractivity contribution < 1.29 is 19.1 Å². The maximum absolute atomic E-state index is 12.6. The number of amides is 1. The Hall–Kier alpha value is -2.08. The minimum absolute atomic E-state index is 0.123. The van der Waals surface area contributed by atoms with Gasteiger partial charge in [0.1, 0.15) is 5.60 Å². The van der Waals surface area contributed by atoms with Gasteiger partial charge < -0.3 is 19.3 Å². The molecule has 0 radical (unpaired) electrons. The first-order valence-corrected chi connectivity index (χ1v) is 10.5. The zero-order chi connectivity index (χ0) is 21.1. The summed E-state index contributed by atoms with van der Waals surface area (Å²) in [7, 11) is 1.47. The largest absolute Gasteiger partial charge is 0.469 e.